The minimum absolute atomic E-state index is 0.00422. The van der Waals surface area contributed by atoms with Gasteiger partial charge in [0.25, 0.3) is 0 Å². The van der Waals surface area contributed by atoms with Crippen LogP contribution in [0.2, 0.25) is 0 Å². The quantitative estimate of drug-likeness (QED) is 0.577. The van der Waals surface area contributed by atoms with Gasteiger partial charge < -0.3 is 0 Å². The Kier molecular flexibility index (Phi) is 5.18. The molecule has 0 N–H and O–H groups in total. The molecular formula is C23H21F3N2. The van der Waals surface area contributed by atoms with Crippen molar-refractivity contribution in [3.63, 3.8) is 0 Å². The molecule has 0 aliphatic heterocycles. The van der Waals surface area contributed by atoms with Crippen LogP contribution in [0.3, 0.4) is 0 Å². The van der Waals surface area contributed by atoms with Gasteiger partial charge in [-0.1, -0.05) is 24.3 Å². The van der Waals surface area contributed by atoms with E-state index in [1.165, 1.54) is 30.5 Å². The first kappa shape index (κ1) is 18.7. The maximum absolute atomic E-state index is 14.4. The molecule has 3 aromatic rings. The summed E-state index contributed by atoms with van der Waals surface area (Å²) in [6.07, 6.45) is 4.30. The second kappa shape index (κ2) is 7.76. The zero-order valence-electron chi connectivity index (χ0n) is 15.6. The van der Waals surface area contributed by atoms with Crippen molar-refractivity contribution in [2.45, 2.75) is 31.8 Å². The van der Waals surface area contributed by atoms with E-state index in [1.807, 2.05) is 13.1 Å². The average Bonchev–Trinajstić information content (AvgIpc) is 2.69. The Morgan fingerprint density at radius 2 is 1.68 bits per heavy atom. The molecule has 0 saturated carbocycles. The minimum atomic E-state index is -0.610. The molecule has 1 aliphatic carbocycles. The van der Waals surface area contributed by atoms with E-state index >= 15 is 0 Å². The van der Waals surface area contributed by atoms with Gasteiger partial charge in [-0.15, -0.1) is 0 Å². The van der Waals surface area contributed by atoms with Gasteiger partial charge in [-0.05, 0) is 56.1 Å². The van der Waals surface area contributed by atoms with Gasteiger partial charge in [0.05, 0.1) is 11.3 Å². The molecule has 1 unspecified atom stereocenters. The maximum Gasteiger partial charge on any atom is 0.134 e. The van der Waals surface area contributed by atoms with Crippen molar-refractivity contribution in [2.24, 2.45) is 0 Å². The number of aromatic nitrogens is 1. The Hall–Kier alpha value is -2.66. The van der Waals surface area contributed by atoms with Crippen molar-refractivity contribution in [2.75, 3.05) is 7.05 Å². The van der Waals surface area contributed by atoms with Crippen LogP contribution < -0.4 is 0 Å². The molecule has 0 fully saturated rings. The van der Waals surface area contributed by atoms with Crippen LogP contribution >= 0.6 is 0 Å². The largest absolute Gasteiger partial charge is 0.293 e. The van der Waals surface area contributed by atoms with Crippen LogP contribution in [-0.2, 0) is 13.0 Å². The number of aryl methyl sites for hydroxylation is 1. The van der Waals surface area contributed by atoms with Gasteiger partial charge in [0.2, 0.25) is 0 Å². The molecule has 1 aliphatic rings. The van der Waals surface area contributed by atoms with Crippen molar-refractivity contribution < 1.29 is 13.2 Å². The summed E-state index contributed by atoms with van der Waals surface area (Å²) in [5.41, 5.74) is 2.95. The van der Waals surface area contributed by atoms with E-state index in [2.05, 4.69) is 9.88 Å². The third-order valence-electron chi connectivity index (χ3n) is 5.42. The summed E-state index contributed by atoms with van der Waals surface area (Å²) in [6, 6.07) is 12.5. The summed E-state index contributed by atoms with van der Waals surface area (Å²) in [7, 11) is 1.96. The highest BCUT2D eigenvalue weighted by molar-refractivity contribution is 5.63. The first-order valence-electron chi connectivity index (χ1n) is 9.41. The Bertz CT molecular complexity index is 965. The van der Waals surface area contributed by atoms with E-state index in [0.717, 1.165) is 36.1 Å². The molecule has 0 radical (unpaired) electrons. The van der Waals surface area contributed by atoms with Crippen molar-refractivity contribution in [1.82, 2.24) is 9.88 Å². The number of fused-ring (bicyclic) bond motifs is 1. The summed E-state index contributed by atoms with van der Waals surface area (Å²) in [5, 5.41) is 0. The summed E-state index contributed by atoms with van der Waals surface area (Å²) in [6.45, 7) is 0.526. The van der Waals surface area contributed by atoms with E-state index in [9.17, 15) is 13.2 Å². The zero-order valence-corrected chi connectivity index (χ0v) is 15.6. The van der Waals surface area contributed by atoms with E-state index < -0.39 is 11.6 Å². The Morgan fingerprint density at radius 1 is 0.964 bits per heavy atom. The van der Waals surface area contributed by atoms with Crippen LogP contribution in [0.25, 0.3) is 11.1 Å². The van der Waals surface area contributed by atoms with Crippen LogP contribution in [0.1, 0.15) is 35.7 Å². The third kappa shape index (κ3) is 3.54. The second-order valence-corrected chi connectivity index (χ2v) is 7.27. The van der Waals surface area contributed by atoms with Crippen molar-refractivity contribution >= 4 is 0 Å². The summed E-state index contributed by atoms with van der Waals surface area (Å²) in [4.78, 5) is 6.47. The molecule has 0 spiro atoms. The highest BCUT2D eigenvalue weighted by Crippen LogP contribution is 2.36. The summed E-state index contributed by atoms with van der Waals surface area (Å²) >= 11 is 0. The first-order chi connectivity index (χ1) is 13.5. The molecule has 144 valence electrons. The second-order valence-electron chi connectivity index (χ2n) is 7.27. The van der Waals surface area contributed by atoms with Gasteiger partial charge in [0, 0.05) is 29.9 Å². The molecule has 0 saturated heterocycles. The Labute approximate surface area is 162 Å². The molecule has 1 atom stereocenters. The monoisotopic (exact) mass is 382 g/mol. The minimum Gasteiger partial charge on any atom is -0.293 e. The van der Waals surface area contributed by atoms with Crippen molar-refractivity contribution in [3.8, 4) is 11.1 Å². The number of hydrogen-bond acceptors (Lipinski definition) is 2. The summed E-state index contributed by atoms with van der Waals surface area (Å²) in [5.74, 6) is -1.38. The third-order valence-corrected chi connectivity index (χ3v) is 5.42. The molecule has 2 aromatic carbocycles. The standard InChI is InChI=1S/C23H21F3N2/c1-28(21-10-3-6-15-5-2-7-20(26)23(15)21)14-17-12-11-16(13-27-17)22-18(24)8-4-9-19(22)25/h2,4-5,7-9,11-13,21H,3,6,10,14H2,1H3. The van der Waals surface area contributed by atoms with Crippen LogP contribution in [0, 0.1) is 17.5 Å². The van der Waals surface area contributed by atoms with Crippen LogP contribution in [0.15, 0.2) is 54.7 Å². The molecular weight excluding hydrogens is 361 g/mol. The van der Waals surface area contributed by atoms with E-state index in [-0.39, 0.29) is 17.4 Å². The molecule has 0 bridgehead atoms. The van der Waals surface area contributed by atoms with Crippen molar-refractivity contribution in [3.05, 3.63) is 89.0 Å². The van der Waals surface area contributed by atoms with Crippen LogP contribution in [0.4, 0.5) is 13.2 Å². The van der Waals surface area contributed by atoms with Gasteiger partial charge in [-0.25, -0.2) is 13.2 Å². The highest BCUT2D eigenvalue weighted by atomic mass is 19.1. The normalized spacial score (nSPS) is 16.2. The van der Waals surface area contributed by atoms with Crippen LogP contribution in [-0.4, -0.2) is 16.9 Å². The number of hydrogen-bond donors (Lipinski definition) is 0. The first-order valence-corrected chi connectivity index (χ1v) is 9.41. The van der Waals surface area contributed by atoms with Gasteiger partial charge >= 0.3 is 0 Å². The lowest BCUT2D eigenvalue weighted by Crippen LogP contribution is -2.28. The fourth-order valence-corrected chi connectivity index (χ4v) is 4.05. The molecule has 28 heavy (non-hydrogen) atoms. The predicted molar refractivity (Wildman–Crippen MR) is 103 cm³/mol. The Morgan fingerprint density at radius 3 is 2.39 bits per heavy atom. The Balaban J connectivity index is 1.55. The topological polar surface area (TPSA) is 16.1 Å². The number of rotatable bonds is 4. The molecule has 1 heterocycles. The number of benzene rings is 2. The average molecular weight is 382 g/mol. The van der Waals surface area contributed by atoms with E-state index in [1.54, 1.807) is 18.2 Å². The van der Waals surface area contributed by atoms with E-state index in [4.69, 9.17) is 0 Å². The lowest BCUT2D eigenvalue weighted by atomic mass is 9.86. The van der Waals surface area contributed by atoms with Gasteiger partial charge in [0.1, 0.15) is 17.5 Å². The number of halogens is 3. The predicted octanol–water partition coefficient (Wildman–Crippen LogP) is 5.68. The maximum atomic E-state index is 14.4. The lowest BCUT2D eigenvalue weighted by Gasteiger charge is -2.33. The SMILES string of the molecule is CN(Cc1ccc(-c2c(F)cccc2F)cn1)C1CCCc2cccc(F)c21. The van der Waals surface area contributed by atoms with Crippen molar-refractivity contribution in [1.29, 1.82) is 0 Å². The molecule has 1 aromatic heterocycles. The molecule has 5 heteroatoms. The lowest BCUT2D eigenvalue weighted by molar-refractivity contribution is 0.206. The summed E-state index contributed by atoms with van der Waals surface area (Å²) < 4.78 is 42.3. The zero-order chi connectivity index (χ0) is 19.7. The fourth-order valence-electron chi connectivity index (χ4n) is 4.05. The molecule has 2 nitrogen and oxygen atoms in total. The van der Waals surface area contributed by atoms with Gasteiger partial charge in [-0.2, -0.15) is 0 Å². The smallest absolute Gasteiger partial charge is 0.134 e. The van der Waals surface area contributed by atoms with E-state index in [0.29, 0.717) is 12.1 Å². The number of nitrogens with zero attached hydrogens (tertiary/aromatic N) is 2. The molecule has 4 rings (SSSR count). The highest BCUT2D eigenvalue weighted by Gasteiger charge is 2.26. The van der Waals surface area contributed by atoms with Gasteiger partial charge in [0.15, 0.2) is 0 Å². The molecule has 0 amide bonds. The fraction of sp³-hybridized carbons (Fsp3) is 0.261. The van der Waals surface area contributed by atoms with Crippen LogP contribution in [0.5, 0.6) is 0 Å². The van der Waals surface area contributed by atoms with Gasteiger partial charge in [-0.3, -0.25) is 9.88 Å². The number of pyridine rings is 1.